The molecule has 1 aromatic heterocycles. The molecule has 0 atom stereocenters. The Kier molecular flexibility index (Phi) is 7.62. The molecule has 0 unspecified atom stereocenters. The van der Waals surface area contributed by atoms with Crippen LogP contribution in [0.3, 0.4) is 0 Å². The monoisotopic (exact) mass is 453 g/mol. The van der Waals surface area contributed by atoms with Gasteiger partial charge in [-0.2, -0.15) is 0 Å². The largest absolute Gasteiger partial charge is 0.497 e. The zero-order valence-electron chi connectivity index (χ0n) is 18.0. The summed E-state index contributed by atoms with van der Waals surface area (Å²) >= 11 is 1.10. The molecular weight excluding hydrogens is 430 g/mol. The van der Waals surface area contributed by atoms with E-state index in [1.165, 1.54) is 17.8 Å². The van der Waals surface area contributed by atoms with Gasteiger partial charge in [0.25, 0.3) is 5.56 Å². The molecule has 3 aromatic rings. The first-order chi connectivity index (χ1) is 15.5. The van der Waals surface area contributed by atoms with Gasteiger partial charge in [-0.15, -0.1) is 11.3 Å². The molecule has 8 heteroatoms. The zero-order valence-corrected chi connectivity index (χ0v) is 18.8. The van der Waals surface area contributed by atoms with Gasteiger partial charge in [-0.1, -0.05) is 30.3 Å². The van der Waals surface area contributed by atoms with E-state index in [0.29, 0.717) is 31.8 Å². The van der Waals surface area contributed by atoms with Gasteiger partial charge >= 0.3 is 5.97 Å². The first-order valence-corrected chi connectivity index (χ1v) is 10.7. The highest BCUT2D eigenvalue weighted by molar-refractivity contribution is 7.07. The maximum absolute atomic E-state index is 13.2. The van der Waals surface area contributed by atoms with Crippen LogP contribution < -0.4 is 24.2 Å². The van der Waals surface area contributed by atoms with Gasteiger partial charge in [-0.3, -0.25) is 14.2 Å². The third-order valence-corrected chi connectivity index (χ3v) is 5.65. The molecule has 2 aromatic carbocycles. The molecule has 0 spiro atoms. The molecule has 0 N–H and O–H groups in total. The number of methoxy groups -OCH3 is 2. The predicted octanol–water partition coefficient (Wildman–Crippen LogP) is 1.98. The number of rotatable bonds is 8. The number of esters is 1. The normalized spacial score (nSPS) is 12.0. The Hall–Kier alpha value is -3.65. The first-order valence-electron chi connectivity index (χ1n) is 9.87. The summed E-state index contributed by atoms with van der Waals surface area (Å²) in [6.45, 7) is 1.70. The van der Waals surface area contributed by atoms with Crippen molar-refractivity contribution in [2.45, 2.75) is 13.5 Å². The summed E-state index contributed by atoms with van der Waals surface area (Å²) in [5.74, 6) is 0.327. The Morgan fingerprint density at radius 3 is 2.47 bits per heavy atom. The number of ether oxygens (including phenoxy) is 3. The van der Waals surface area contributed by atoms with Crippen LogP contribution in [0.4, 0.5) is 0 Å². The molecule has 0 saturated carbocycles. The number of nitrogens with zero attached hydrogens (tertiary/aromatic N) is 1. The molecule has 0 aliphatic rings. The minimum atomic E-state index is -0.580. The molecule has 166 valence electrons. The van der Waals surface area contributed by atoms with E-state index in [0.717, 1.165) is 11.3 Å². The number of carbonyl (C=O) groups is 2. The van der Waals surface area contributed by atoms with Crippen molar-refractivity contribution in [3.8, 4) is 11.5 Å². The number of hydrogen-bond donors (Lipinski definition) is 0. The number of thiazole rings is 1. The van der Waals surface area contributed by atoms with Crippen LogP contribution in [-0.2, 0) is 16.1 Å². The van der Waals surface area contributed by atoms with Gasteiger partial charge < -0.3 is 14.2 Å². The van der Waals surface area contributed by atoms with Crippen molar-refractivity contribution in [3.63, 3.8) is 0 Å². The van der Waals surface area contributed by atoms with Crippen molar-refractivity contribution in [2.75, 3.05) is 20.8 Å². The zero-order chi connectivity index (χ0) is 23.1. The van der Waals surface area contributed by atoms with Crippen LogP contribution in [0.2, 0.25) is 0 Å². The molecule has 0 saturated heterocycles. The molecule has 0 bridgehead atoms. The molecule has 0 aliphatic heterocycles. The molecule has 0 amide bonds. The van der Waals surface area contributed by atoms with E-state index >= 15 is 0 Å². The number of aromatic nitrogens is 1. The van der Waals surface area contributed by atoms with Gasteiger partial charge in [0, 0.05) is 17.2 Å². The fourth-order valence-corrected chi connectivity index (χ4v) is 4.04. The topological polar surface area (TPSA) is 83.8 Å². The Bertz CT molecular complexity index is 1290. The highest BCUT2D eigenvalue weighted by Gasteiger charge is 2.13. The smallest absolute Gasteiger partial charge is 0.333 e. The van der Waals surface area contributed by atoms with E-state index in [9.17, 15) is 14.4 Å². The van der Waals surface area contributed by atoms with E-state index < -0.39 is 5.97 Å². The van der Waals surface area contributed by atoms with Crippen LogP contribution in [0, 0.1) is 0 Å². The maximum Gasteiger partial charge on any atom is 0.333 e. The standard InChI is InChI=1S/C24H23NO6S/c1-4-31-23(27)14-22-25(15-19(26)16-8-6-5-7-9-16)24(28)21(32-22)12-17-10-11-18(29-2)13-20(17)30-3/h5-14H,4,15H2,1-3H3/b21-12-,22-14-. The van der Waals surface area contributed by atoms with Crippen molar-refractivity contribution in [1.29, 1.82) is 0 Å². The summed E-state index contributed by atoms with van der Waals surface area (Å²) in [5, 5.41) is 0. The Labute approximate surface area is 188 Å². The van der Waals surface area contributed by atoms with E-state index in [2.05, 4.69) is 0 Å². The van der Waals surface area contributed by atoms with Crippen LogP contribution >= 0.6 is 11.3 Å². The third kappa shape index (κ3) is 5.33. The third-order valence-electron chi connectivity index (χ3n) is 4.59. The van der Waals surface area contributed by atoms with Crippen molar-refractivity contribution in [1.82, 2.24) is 4.57 Å². The molecule has 7 nitrogen and oxygen atoms in total. The van der Waals surface area contributed by atoms with E-state index in [-0.39, 0.29) is 24.5 Å². The number of Topliss-reactive ketones (excluding diaryl/α,β-unsaturated/α-hetero) is 1. The molecule has 3 rings (SSSR count). The second kappa shape index (κ2) is 10.6. The number of ketones is 1. The lowest BCUT2D eigenvalue weighted by Gasteiger charge is -2.06. The summed E-state index contributed by atoms with van der Waals surface area (Å²) < 4.78 is 17.6. The van der Waals surface area contributed by atoms with Crippen LogP contribution in [0.1, 0.15) is 22.8 Å². The Morgan fingerprint density at radius 2 is 1.81 bits per heavy atom. The summed E-state index contributed by atoms with van der Waals surface area (Å²) in [6.07, 6.45) is 2.90. The van der Waals surface area contributed by atoms with Crippen LogP contribution in [0.5, 0.6) is 11.5 Å². The quantitative estimate of drug-likeness (QED) is 0.383. The van der Waals surface area contributed by atoms with Crippen LogP contribution in [0.25, 0.3) is 12.2 Å². The van der Waals surface area contributed by atoms with Gasteiger partial charge in [0.15, 0.2) is 5.78 Å². The van der Waals surface area contributed by atoms with Crippen LogP contribution in [-0.4, -0.2) is 37.1 Å². The van der Waals surface area contributed by atoms with Gasteiger partial charge in [-0.25, -0.2) is 4.79 Å². The Morgan fingerprint density at radius 1 is 1.06 bits per heavy atom. The van der Waals surface area contributed by atoms with Crippen molar-refractivity contribution in [2.24, 2.45) is 0 Å². The van der Waals surface area contributed by atoms with Gasteiger partial charge in [0.2, 0.25) is 0 Å². The molecular formula is C24H23NO6S. The van der Waals surface area contributed by atoms with Gasteiger partial charge in [-0.05, 0) is 25.1 Å². The molecule has 1 heterocycles. The summed E-state index contributed by atoms with van der Waals surface area (Å²) in [7, 11) is 3.08. The minimum Gasteiger partial charge on any atom is -0.497 e. The molecule has 0 fully saturated rings. The van der Waals surface area contributed by atoms with Crippen molar-refractivity contribution in [3.05, 3.63) is 79.2 Å². The van der Waals surface area contributed by atoms with Gasteiger partial charge in [0.05, 0.1) is 38.0 Å². The number of hydrogen-bond acceptors (Lipinski definition) is 7. The predicted molar refractivity (Wildman–Crippen MR) is 123 cm³/mol. The minimum absolute atomic E-state index is 0.196. The first kappa shape index (κ1) is 23.0. The average molecular weight is 454 g/mol. The maximum atomic E-state index is 13.2. The van der Waals surface area contributed by atoms with Crippen molar-refractivity contribution >= 4 is 35.2 Å². The van der Waals surface area contributed by atoms with E-state index in [1.807, 2.05) is 6.07 Å². The van der Waals surface area contributed by atoms with Crippen LogP contribution in [0.15, 0.2) is 53.3 Å². The van der Waals surface area contributed by atoms with E-state index in [4.69, 9.17) is 14.2 Å². The second-order valence-corrected chi connectivity index (χ2v) is 7.70. The molecule has 0 radical (unpaired) electrons. The number of benzene rings is 2. The molecule has 0 aliphatic carbocycles. The van der Waals surface area contributed by atoms with Gasteiger partial charge in [0.1, 0.15) is 16.2 Å². The lowest BCUT2D eigenvalue weighted by Crippen LogP contribution is -2.34. The fourth-order valence-electron chi connectivity index (χ4n) is 3.02. The Balaban J connectivity index is 2.13. The lowest BCUT2D eigenvalue weighted by molar-refractivity contribution is -0.135. The SMILES string of the molecule is CCOC(=O)/C=c1\s/c(=C\c2ccc(OC)cc2OC)c(=O)n1CC(=O)c1ccccc1. The summed E-state index contributed by atoms with van der Waals surface area (Å²) in [6, 6.07) is 13.9. The number of carbonyl (C=O) groups excluding carboxylic acids is 2. The molecule has 32 heavy (non-hydrogen) atoms. The van der Waals surface area contributed by atoms with E-state index in [1.54, 1.807) is 62.6 Å². The summed E-state index contributed by atoms with van der Waals surface area (Å²) in [5.41, 5.74) is 0.763. The fraction of sp³-hybridized carbons (Fsp3) is 0.208. The lowest BCUT2D eigenvalue weighted by atomic mass is 10.1. The summed E-state index contributed by atoms with van der Waals surface area (Å²) in [4.78, 5) is 38.0. The van der Waals surface area contributed by atoms with Crippen molar-refractivity contribution < 1.29 is 23.8 Å². The average Bonchev–Trinajstić information content (AvgIpc) is 3.08. The second-order valence-electron chi connectivity index (χ2n) is 6.63. The highest BCUT2D eigenvalue weighted by atomic mass is 32.1. The highest BCUT2D eigenvalue weighted by Crippen LogP contribution is 2.24.